The van der Waals surface area contributed by atoms with Gasteiger partial charge < -0.3 is 5.73 Å². The van der Waals surface area contributed by atoms with E-state index in [2.05, 4.69) is 15.2 Å². The minimum absolute atomic E-state index is 0.0322. The molecule has 0 spiro atoms. The topological polar surface area (TPSA) is 89.6 Å². The summed E-state index contributed by atoms with van der Waals surface area (Å²) in [6, 6.07) is 3.79. The molecule has 19 heavy (non-hydrogen) atoms. The van der Waals surface area contributed by atoms with Gasteiger partial charge in [0.2, 0.25) is 0 Å². The highest BCUT2D eigenvalue weighted by molar-refractivity contribution is 7.99. The Hall–Kier alpha value is -1.60. The maximum absolute atomic E-state index is 11.6. The number of rotatable bonds is 5. The molecule has 0 radical (unpaired) electrons. The average molecular weight is 279 g/mol. The molecule has 2 aromatic rings. The number of hydrogen-bond donors (Lipinski definition) is 2. The lowest BCUT2D eigenvalue weighted by Crippen LogP contribution is -2.17. The molecule has 0 saturated heterocycles. The van der Waals surface area contributed by atoms with Gasteiger partial charge in [-0.05, 0) is 36.7 Å². The number of nitrogens with zero attached hydrogens (tertiary/aromatic N) is 3. The molecule has 2 heterocycles. The molecule has 0 saturated carbocycles. The Kier molecular flexibility index (Phi) is 4.39. The minimum atomic E-state index is -0.184. The van der Waals surface area contributed by atoms with Crippen molar-refractivity contribution in [3.8, 4) is 0 Å². The lowest BCUT2D eigenvalue weighted by Gasteiger charge is -2.06. The van der Waals surface area contributed by atoms with Gasteiger partial charge in [-0.1, -0.05) is 13.0 Å². The zero-order chi connectivity index (χ0) is 13.8. The second-order valence-electron chi connectivity index (χ2n) is 4.28. The number of aromatic amines is 1. The van der Waals surface area contributed by atoms with Crippen LogP contribution in [0.2, 0.25) is 0 Å². The van der Waals surface area contributed by atoms with Crippen molar-refractivity contribution in [2.75, 3.05) is 0 Å². The van der Waals surface area contributed by atoms with Gasteiger partial charge >= 0.3 is 5.69 Å². The van der Waals surface area contributed by atoms with E-state index >= 15 is 0 Å². The summed E-state index contributed by atoms with van der Waals surface area (Å²) in [5.74, 6) is 0. The van der Waals surface area contributed by atoms with E-state index in [0.717, 1.165) is 17.0 Å². The van der Waals surface area contributed by atoms with E-state index in [4.69, 9.17) is 5.73 Å². The molecule has 102 valence electrons. The second-order valence-corrected chi connectivity index (χ2v) is 5.27. The van der Waals surface area contributed by atoms with Crippen LogP contribution in [-0.2, 0) is 6.54 Å². The van der Waals surface area contributed by atoms with E-state index in [1.807, 2.05) is 26.0 Å². The van der Waals surface area contributed by atoms with Gasteiger partial charge in [0.05, 0.1) is 0 Å². The number of nitrogens with one attached hydrogen (secondary N) is 1. The maximum atomic E-state index is 11.6. The van der Waals surface area contributed by atoms with Gasteiger partial charge in [-0.25, -0.2) is 14.9 Å². The van der Waals surface area contributed by atoms with Crippen molar-refractivity contribution in [1.29, 1.82) is 0 Å². The van der Waals surface area contributed by atoms with Crippen molar-refractivity contribution in [3.63, 3.8) is 0 Å². The smallest absolute Gasteiger partial charge is 0.324 e. The summed E-state index contributed by atoms with van der Waals surface area (Å²) in [5, 5.41) is 7.90. The Balaban J connectivity index is 2.19. The van der Waals surface area contributed by atoms with Crippen LogP contribution in [0.5, 0.6) is 0 Å². The number of hydrogen-bond acceptors (Lipinski definition) is 5. The third-order valence-corrected chi connectivity index (χ3v) is 3.60. The number of aromatic nitrogens is 4. The molecule has 0 amide bonds. The summed E-state index contributed by atoms with van der Waals surface area (Å²) in [6.07, 6.45) is 2.63. The van der Waals surface area contributed by atoms with Gasteiger partial charge in [0.15, 0.2) is 5.16 Å². The summed E-state index contributed by atoms with van der Waals surface area (Å²) in [4.78, 5) is 15.9. The van der Waals surface area contributed by atoms with Gasteiger partial charge in [-0.15, -0.1) is 5.10 Å². The standard InChI is InChI=1S/C12H17N5OS/c1-3-6-17-11(18)15-16-12(17)19-10-5-4-9(7-14-10)8(2)13/h4-5,7-8H,3,6,13H2,1-2H3,(H,15,18)/t8-/m0/s1. The highest BCUT2D eigenvalue weighted by atomic mass is 32.2. The SMILES string of the molecule is CCCn1c(Sc2ccc([C@H](C)N)cn2)n[nH]c1=O. The molecule has 0 aromatic carbocycles. The Morgan fingerprint density at radius 3 is 2.89 bits per heavy atom. The predicted molar refractivity (Wildman–Crippen MR) is 74.1 cm³/mol. The lowest BCUT2D eigenvalue weighted by atomic mass is 10.2. The first-order valence-electron chi connectivity index (χ1n) is 6.16. The molecule has 0 aliphatic rings. The quantitative estimate of drug-likeness (QED) is 0.866. The molecule has 0 aliphatic heterocycles. The van der Waals surface area contributed by atoms with Crippen molar-refractivity contribution >= 4 is 11.8 Å². The number of H-pyrrole nitrogens is 1. The van der Waals surface area contributed by atoms with Gasteiger partial charge in [-0.2, -0.15) is 0 Å². The summed E-state index contributed by atoms with van der Waals surface area (Å²) < 4.78 is 1.62. The van der Waals surface area contributed by atoms with E-state index in [0.29, 0.717) is 11.7 Å². The van der Waals surface area contributed by atoms with Crippen molar-refractivity contribution in [2.24, 2.45) is 5.73 Å². The van der Waals surface area contributed by atoms with Crippen LogP contribution in [0.1, 0.15) is 31.9 Å². The Morgan fingerprint density at radius 1 is 1.53 bits per heavy atom. The first-order chi connectivity index (χ1) is 9.11. The van der Waals surface area contributed by atoms with Gasteiger partial charge in [0.25, 0.3) is 0 Å². The molecule has 6 nitrogen and oxygen atoms in total. The lowest BCUT2D eigenvalue weighted by molar-refractivity contribution is 0.603. The van der Waals surface area contributed by atoms with Crippen molar-refractivity contribution < 1.29 is 0 Å². The third kappa shape index (κ3) is 3.24. The van der Waals surface area contributed by atoms with Gasteiger partial charge in [-0.3, -0.25) is 4.57 Å². The molecule has 0 unspecified atom stereocenters. The highest BCUT2D eigenvalue weighted by Gasteiger charge is 2.10. The first-order valence-corrected chi connectivity index (χ1v) is 6.98. The number of nitrogens with two attached hydrogens (primary N) is 1. The Labute approximate surface area is 115 Å². The van der Waals surface area contributed by atoms with Crippen LogP contribution in [0.3, 0.4) is 0 Å². The maximum Gasteiger partial charge on any atom is 0.343 e. The third-order valence-electron chi connectivity index (χ3n) is 2.65. The molecule has 0 bridgehead atoms. The summed E-state index contributed by atoms with van der Waals surface area (Å²) >= 11 is 1.36. The van der Waals surface area contributed by atoms with Crippen molar-refractivity contribution in [3.05, 3.63) is 34.4 Å². The average Bonchev–Trinajstić information content (AvgIpc) is 2.73. The molecule has 3 N–H and O–H groups in total. The van der Waals surface area contributed by atoms with Crippen LogP contribution in [-0.4, -0.2) is 19.7 Å². The fourth-order valence-electron chi connectivity index (χ4n) is 1.62. The Bertz CT molecular complexity index is 587. The van der Waals surface area contributed by atoms with Gasteiger partial charge in [0, 0.05) is 18.8 Å². The molecular formula is C12H17N5OS. The van der Waals surface area contributed by atoms with E-state index in [1.54, 1.807) is 10.8 Å². The van der Waals surface area contributed by atoms with Crippen molar-refractivity contribution in [1.82, 2.24) is 19.7 Å². The fraction of sp³-hybridized carbons (Fsp3) is 0.417. The fourth-order valence-corrected chi connectivity index (χ4v) is 2.42. The first kappa shape index (κ1) is 13.8. The zero-order valence-electron chi connectivity index (χ0n) is 11.0. The summed E-state index contributed by atoms with van der Waals surface area (Å²) in [5.41, 5.74) is 6.57. The van der Waals surface area contributed by atoms with E-state index in [-0.39, 0.29) is 11.7 Å². The van der Waals surface area contributed by atoms with Crippen LogP contribution in [0, 0.1) is 0 Å². The number of pyridine rings is 1. The van der Waals surface area contributed by atoms with Crippen LogP contribution in [0.15, 0.2) is 33.3 Å². The predicted octanol–water partition coefficient (Wildman–Crippen LogP) is 1.55. The van der Waals surface area contributed by atoms with E-state index in [9.17, 15) is 4.79 Å². The van der Waals surface area contributed by atoms with Gasteiger partial charge in [0.1, 0.15) is 5.03 Å². The van der Waals surface area contributed by atoms with E-state index in [1.165, 1.54) is 11.8 Å². The summed E-state index contributed by atoms with van der Waals surface area (Å²) in [6.45, 7) is 4.58. The monoisotopic (exact) mass is 279 g/mol. The molecule has 1 atom stereocenters. The molecule has 2 rings (SSSR count). The van der Waals surface area contributed by atoms with E-state index < -0.39 is 0 Å². The van der Waals surface area contributed by atoms with Crippen LogP contribution >= 0.6 is 11.8 Å². The minimum Gasteiger partial charge on any atom is -0.324 e. The highest BCUT2D eigenvalue weighted by Crippen LogP contribution is 2.23. The van der Waals surface area contributed by atoms with Crippen LogP contribution in [0.25, 0.3) is 0 Å². The largest absolute Gasteiger partial charge is 0.343 e. The Morgan fingerprint density at radius 2 is 2.32 bits per heavy atom. The molecular weight excluding hydrogens is 262 g/mol. The van der Waals surface area contributed by atoms with Crippen LogP contribution < -0.4 is 11.4 Å². The molecule has 2 aromatic heterocycles. The normalized spacial score (nSPS) is 12.6. The van der Waals surface area contributed by atoms with Crippen LogP contribution in [0.4, 0.5) is 0 Å². The molecule has 7 heteroatoms. The summed E-state index contributed by atoms with van der Waals surface area (Å²) in [7, 11) is 0. The molecule has 0 fully saturated rings. The zero-order valence-corrected chi connectivity index (χ0v) is 11.8. The van der Waals surface area contributed by atoms with Crippen molar-refractivity contribution in [2.45, 2.75) is 43.0 Å². The second kappa shape index (κ2) is 6.03. The molecule has 0 aliphatic carbocycles.